The molecule has 0 unspecified atom stereocenters. The first-order chi connectivity index (χ1) is 10.9. The van der Waals surface area contributed by atoms with E-state index in [1.54, 1.807) is 18.2 Å². The quantitative estimate of drug-likeness (QED) is 0.625. The molecule has 23 heavy (non-hydrogen) atoms. The highest BCUT2D eigenvalue weighted by atomic mass is 16.6. The van der Waals surface area contributed by atoms with E-state index in [0.29, 0.717) is 23.7 Å². The van der Waals surface area contributed by atoms with Gasteiger partial charge in [0.15, 0.2) is 0 Å². The van der Waals surface area contributed by atoms with Gasteiger partial charge in [0.1, 0.15) is 11.6 Å². The zero-order valence-electron chi connectivity index (χ0n) is 13.0. The van der Waals surface area contributed by atoms with E-state index in [9.17, 15) is 14.9 Å². The monoisotopic (exact) mass is 311 g/mol. The predicted octanol–water partition coefficient (Wildman–Crippen LogP) is 3.34. The molecule has 1 aromatic carbocycles. The van der Waals surface area contributed by atoms with Gasteiger partial charge in [-0.1, -0.05) is 26.0 Å². The lowest BCUT2D eigenvalue weighted by molar-refractivity contribution is -0.384. The molecular formula is C17H17N3O3. The third-order valence-corrected chi connectivity index (χ3v) is 3.58. The molecule has 118 valence electrons. The van der Waals surface area contributed by atoms with Gasteiger partial charge < -0.3 is 4.57 Å². The highest BCUT2D eigenvalue weighted by molar-refractivity contribution is 5.63. The molecule has 0 amide bonds. The Morgan fingerprint density at radius 1 is 1.30 bits per heavy atom. The summed E-state index contributed by atoms with van der Waals surface area (Å²) < 4.78 is 1.53. The van der Waals surface area contributed by atoms with E-state index in [4.69, 9.17) is 5.26 Å². The summed E-state index contributed by atoms with van der Waals surface area (Å²) in [6, 6.07) is 11.2. The smallest absolute Gasteiger partial charge is 0.270 e. The maximum atomic E-state index is 12.4. The summed E-state index contributed by atoms with van der Waals surface area (Å²) in [4.78, 5) is 22.9. The van der Waals surface area contributed by atoms with E-state index >= 15 is 0 Å². The average Bonchev–Trinajstić information content (AvgIpc) is 2.53. The van der Waals surface area contributed by atoms with Crippen LogP contribution in [0.1, 0.15) is 25.8 Å². The number of rotatable bonds is 5. The van der Waals surface area contributed by atoms with Gasteiger partial charge >= 0.3 is 0 Å². The summed E-state index contributed by atoms with van der Waals surface area (Å²) in [5, 5.41) is 20.0. The minimum atomic E-state index is -0.469. The van der Waals surface area contributed by atoms with Crippen LogP contribution in [0.25, 0.3) is 11.3 Å². The van der Waals surface area contributed by atoms with Crippen molar-refractivity contribution in [2.45, 2.75) is 26.8 Å². The molecule has 2 aromatic rings. The van der Waals surface area contributed by atoms with Crippen LogP contribution in [0.15, 0.2) is 41.2 Å². The lowest BCUT2D eigenvalue weighted by atomic mass is 10.1. The van der Waals surface area contributed by atoms with E-state index in [2.05, 4.69) is 0 Å². The van der Waals surface area contributed by atoms with Crippen molar-refractivity contribution in [3.8, 4) is 17.3 Å². The standard InChI is InChI=1S/C17H17N3O3/c1-12(2)8-9-19-16(7-6-14(11-18)17(19)21)13-4-3-5-15(10-13)20(22)23/h3-7,10,12H,8-9H2,1-2H3. The molecule has 1 heterocycles. The lowest BCUT2D eigenvalue weighted by Gasteiger charge is -2.14. The van der Waals surface area contributed by atoms with Gasteiger partial charge in [-0.15, -0.1) is 0 Å². The summed E-state index contributed by atoms with van der Waals surface area (Å²) in [6.07, 6.45) is 0.775. The van der Waals surface area contributed by atoms with Gasteiger partial charge in [-0.25, -0.2) is 0 Å². The molecule has 0 radical (unpaired) electrons. The third-order valence-electron chi connectivity index (χ3n) is 3.58. The summed E-state index contributed by atoms with van der Waals surface area (Å²) in [5.74, 6) is 0.394. The molecule has 0 spiro atoms. The van der Waals surface area contributed by atoms with Crippen LogP contribution in [0.4, 0.5) is 5.69 Å². The van der Waals surface area contributed by atoms with Crippen molar-refractivity contribution >= 4 is 5.69 Å². The number of hydrogen-bond acceptors (Lipinski definition) is 4. The second-order valence-corrected chi connectivity index (χ2v) is 5.69. The number of nitro groups is 1. The van der Waals surface area contributed by atoms with Crippen LogP contribution in [0.3, 0.4) is 0 Å². The normalized spacial score (nSPS) is 10.5. The Hall–Kier alpha value is -2.94. The summed E-state index contributed by atoms with van der Waals surface area (Å²) in [6.45, 7) is 4.56. The van der Waals surface area contributed by atoms with Gasteiger partial charge in [0, 0.05) is 24.2 Å². The van der Waals surface area contributed by atoms with Gasteiger partial charge in [0.25, 0.3) is 11.2 Å². The molecule has 0 saturated carbocycles. The highest BCUT2D eigenvalue weighted by Crippen LogP contribution is 2.23. The van der Waals surface area contributed by atoms with Gasteiger partial charge in [0.05, 0.1) is 10.6 Å². The number of benzene rings is 1. The first kappa shape index (κ1) is 16.4. The third kappa shape index (κ3) is 3.64. The van der Waals surface area contributed by atoms with E-state index < -0.39 is 4.92 Å². The second-order valence-electron chi connectivity index (χ2n) is 5.69. The number of nitrogens with zero attached hydrogens (tertiary/aromatic N) is 3. The number of non-ortho nitro benzene ring substituents is 1. The zero-order valence-corrected chi connectivity index (χ0v) is 13.0. The van der Waals surface area contributed by atoms with E-state index in [-0.39, 0.29) is 16.8 Å². The molecule has 0 aliphatic heterocycles. The molecule has 0 fully saturated rings. The first-order valence-electron chi connectivity index (χ1n) is 7.32. The Kier molecular flexibility index (Phi) is 4.91. The van der Waals surface area contributed by atoms with Crippen molar-refractivity contribution in [2.24, 2.45) is 5.92 Å². The SMILES string of the molecule is CC(C)CCn1c(-c2cccc([N+](=O)[O-])c2)ccc(C#N)c1=O. The Labute approximate surface area is 133 Å². The maximum Gasteiger partial charge on any atom is 0.270 e. The van der Waals surface area contributed by atoms with Gasteiger partial charge in [-0.3, -0.25) is 14.9 Å². The summed E-state index contributed by atoms with van der Waals surface area (Å²) >= 11 is 0. The maximum absolute atomic E-state index is 12.4. The highest BCUT2D eigenvalue weighted by Gasteiger charge is 2.13. The van der Waals surface area contributed by atoms with Crippen molar-refractivity contribution in [1.82, 2.24) is 4.57 Å². The number of pyridine rings is 1. The summed E-state index contributed by atoms with van der Waals surface area (Å²) in [7, 11) is 0. The molecule has 6 heteroatoms. The Morgan fingerprint density at radius 2 is 2.04 bits per heavy atom. The second kappa shape index (κ2) is 6.88. The predicted molar refractivity (Wildman–Crippen MR) is 87.0 cm³/mol. The number of hydrogen-bond donors (Lipinski definition) is 0. The van der Waals surface area contributed by atoms with Crippen molar-refractivity contribution in [1.29, 1.82) is 5.26 Å². The molecule has 6 nitrogen and oxygen atoms in total. The fourth-order valence-electron chi connectivity index (χ4n) is 2.30. The number of nitriles is 1. The van der Waals surface area contributed by atoms with E-state index in [1.165, 1.54) is 22.8 Å². The molecule has 2 rings (SSSR count). The fourth-order valence-corrected chi connectivity index (χ4v) is 2.30. The molecular weight excluding hydrogens is 294 g/mol. The van der Waals surface area contributed by atoms with Crippen LogP contribution in [-0.4, -0.2) is 9.49 Å². The van der Waals surface area contributed by atoms with Crippen LogP contribution >= 0.6 is 0 Å². The molecule has 0 aliphatic rings. The van der Waals surface area contributed by atoms with Crippen molar-refractivity contribution in [3.63, 3.8) is 0 Å². The Balaban J connectivity index is 2.60. The van der Waals surface area contributed by atoms with Crippen molar-refractivity contribution in [2.75, 3.05) is 0 Å². The molecule has 1 aromatic heterocycles. The van der Waals surface area contributed by atoms with Crippen molar-refractivity contribution < 1.29 is 4.92 Å². The molecule has 0 N–H and O–H groups in total. The lowest BCUT2D eigenvalue weighted by Crippen LogP contribution is -2.24. The first-order valence-corrected chi connectivity index (χ1v) is 7.32. The van der Waals surface area contributed by atoms with E-state index in [0.717, 1.165) is 6.42 Å². The minimum absolute atomic E-state index is 0.0327. The Morgan fingerprint density at radius 3 is 2.65 bits per heavy atom. The molecule has 0 bridgehead atoms. The topological polar surface area (TPSA) is 88.9 Å². The van der Waals surface area contributed by atoms with Gasteiger partial charge in [-0.05, 0) is 24.5 Å². The van der Waals surface area contributed by atoms with Crippen LogP contribution in [0.5, 0.6) is 0 Å². The van der Waals surface area contributed by atoms with Crippen LogP contribution in [-0.2, 0) is 6.54 Å². The van der Waals surface area contributed by atoms with Crippen LogP contribution < -0.4 is 5.56 Å². The van der Waals surface area contributed by atoms with Gasteiger partial charge in [-0.2, -0.15) is 5.26 Å². The van der Waals surface area contributed by atoms with Gasteiger partial charge in [0.2, 0.25) is 0 Å². The summed E-state index contributed by atoms with van der Waals surface area (Å²) in [5.41, 5.74) is 0.845. The fraction of sp³-hybridized carbons (Fsp3) is 0.294. The molecule has 0 aliphatic carbocycles. The molecule has 0 atom stereocenters. The van der Waals surface area contributed by atoms with Crippen LogP contribution in [0, 0.1) is 27.4 Å². The van der Waals surface area contributed by atoms with E-state index in [1.807, 2.05) is 19.9 Å². The zero-order chi connectivity index (χ0) is 17.0. The average molecular weight is 311 g/mol. The molecule has 0 saturated heterocycles. The number of nitro benzene ring substituents is 1. The van der Waals surface area contributed by atoms with Crippen LogP contribution in [0.2, 0.25) is 0 Å². The number of aromatic nitrogens is 1. The van der Waals surface area contributed by atoms with Crippen molar-refractivity contribution in [3.05, 3.63) is 62.4 Å². The largest absolute Gasteiger partial charge is 0.307 e. The Bertz CT molecular complexity index is 832. The minimum Gasteiger partial charge on any atom is -0.307 e.